The first-order valence-electron chi connectivity index (χ1n) is 12.8. The Morgan fingerprint density at radius 2 is 1.73 bits per heavy atom. The minimum absolute atomic E-state index is 0.0401. The highest BCUT2D eigenvalue weighted by Gasteiger charge is 2.25. The van der Waals surface area contributed by atoms with Crippen molar-refractivity contribution in [2.24, 2.45) is 0 Å². The van der Waals surface area contributed by atoms with Crippen molar-refractivity contribution < 1.29 is 4.79 Å². The van der Waals surface area contributed by atoms with Gasteiger partial charge >= 0.3 is 0 Å². The van der Waals surface area contributed by atoms with Gasteiger partial charge in [0.25, 0.3) is 0 Å². The van der Waals surface area contributed by atoms with E-state index in [4.69, 9.17) is 4.98 Å². The third-order valence-corrected chi connectivity index (χ3v) is 6.91. The number of aromatic nitrogens is 5. The summed E-state index contributed by atoms with van der Waals surface area (Å²) in [5, 5.41) is 10.8. The zero-order valence-electron chi connectivity index (χ0n) is 20.7. The molecule has 9 heteroatoms. The number of hydrogen-bond donors (Lipinski definition) is 2. The van der Waals surface area contributed by atoms with Gasteiger partial charge in [-0.05, 0) is 42.2 Å². The van der Waals surface area contributed by atoms with Gasteiger partial charge in [-0.3, -0.25) is 19.8 Å². The molecular weight excluding hydrogens is 464 g/mol. The number of pyridine rings is 1. The lowest BCUT2D eigenvalue weighted by atomic mass is 10.0. The van der Waals surface area contributed by atoms with Crippen molar-refractivity contribution >= 4 is 23.4 Å². The highest BCUT2D eigenvalue weighted by molar-refractivity contribution is 5.95. The van der Waals surface area contributed by atoms with Crippen LogP contribution >= 0.6 is 0 Å². The number of carbonyl (C=O) groups excluding carboxylic acids is 1. The maximum absolute atomic E-state index is 12.4. The van der Waals surface area contributed by atoms with Gasteiger partial charge < -0.3 is 10.2 Å². The molecule has 3 aromatic heterocycles. The lowest BCUT2D eigenvalue weighted by Crippen LogP contribution is -2.46. The topological polar surface area (TPSA) is 103 Å². The number of piperazine rings is 1. The van der Waals surface area contributed by atoms with Crippen LogP contribution in [0.25, 0.3) is 0 Å². The molecule has 2 aliphatic rings. The van der Waals surface area contributed by atoms with Gasteiger partial charge in [-0.2, -0.15) is 10.1 Å². The van der Waals surface area contributed by atoms with Crippen molar-refractivity contribution in [2.45, 2.75) is 31.7 Å². The molecule has 0 radical (unpaired) electrons. The highest BCUT2D eigenvalue weighted by atomic mass is 16.1. The van der Waals surface area contributed by atoms with Gasteiger partial charge in [-0.25, -0.2) is 4.98 Å². The monoisotopic (exact) mass is 494 g/mol. The molecule has 4 aromatic rings. The molecule has 0 atom stereocenters. The van der Waals surface area contributed by atoms with Crippen molar-refractivity contribution in [3.05, 3.63) is 89.5 Å². The molecule has 0 unspecified atom stereocenters. The molecule has 9 nitrogen and oxygen atoms in total. The summed E-state index contributed by atoms with van der Waals surface area (Å²) in [7, 11) is 0. The minimum atomic E-state index is 0.0401. The van der Waals surface area contributed by atoms with Crippen LogP contribution in [0.1, 0.15) is 46.1 Å². The van der Waals surface area contributed by atoms with Crippen LogP contribution in [0.2, 0.25) is 0 Å². The third-order valence-electron chi connectivity index (χ3n) is 6.91. The summed E-state index contributed by atoms with van der Waals surface area (Å²) in [5.41, 5.74) is 3.96. The van der Waals surface area contributed by atoms with Crippen LogP contribution in [0.4, 0.5) is 17.6 Å². The van der Waals surface area contributed by atoms with E-state index < -0.39 is 0 Å². The summed E-state index contributed by atoms with van der Waals surface area (Å²) in [6.45, 7) is 4.49. The van der Waals surface area contributed by atoms with Crippen LogP contribution in [0.5, 0.6) is 0 Å². The maximum atomic E-state index is 12.4. The number of aromatic amines is 1. The Bertz CT molecular complexity index is 1340. The number of hydrogen-bond acceptors (Lipinski definition) is 8. The Labute approximate surface area is 216 Å². The van der Waals surface area contributed by atoms with E-state index in [-0.39, 0.29) is 5.78 Å². The Morgan fingerprint density at radius 1 is 0.919 bits per heavy atom. The number of nitrogens with zero attached hydrogens (tertiary/aromatic N) is 6. The molecule has 2 N–H and O–H groups in total. The molecule has 0 spiro atoms. The quantitative estimate of drug-likeness (QED) is 0.337. The zero-order valence-corrected chi connectivity index (χ0v) is 20.7. The Balaban J connectivity index is 0.997. The SMILES string of the molecule is O=C(Cc1ccc(CN2CCN(c3nccc(Nc4cc(C5CC5)[nH]n4)n3)CC2)cc1)c1ccccn1. The summed E-state index contributed by atoms with van der Waals surface area (Å²) >= 11 is 0. The number of benzene rings is 1. The van der Waals surface area contributed by atoms with Gasteiger partial charge in [0.05, 0.1) is 0 Å². The molecule has 0 amide bonds. The number of rotatable bonds is 9. The van der Waals surface area contributed by atoms with E-state index in [1.165, 1.54) is 24.1 Å². The van der Waals surface area contributed by atoms with Crippen molar-refractivity contribution in [3.8, 4) is 0 Å². The van der Waals surface area contributed by atoms with Gasteiger partial charge in [0.2, 0.25) is 5.95 Å². The number of nitrogens with one attached hydrogen (secondary N) is 2. The normalized spacial score (nSPS) is 16.1. The molecule has 1 aromatic carbocycles. The first-order chi connectivity index (χ1) is 18.2. The van der Waals surface area contributed by atoms with Crippen LogP contribution in [-0.4, -0.2) is 62.0 Å². The van der Waals surface area contributed by atoms with Gasteiger partial charge in [-0.1, -0.05) is 30.3 Å². The van der Waals surface area contributed by atoms with Gasteiger partial charge in [0, 0.05) is 69.2 Å². The van der Waals surface area contributed by atoms with E-state index >= 15 is 0 Å². The first-order valence-corrected chi connectivity index (χ1v) is 12.8. The average molecular weight is 495 g/mol. The molecule has 2 fully saturated rings. The molecule has 1 aliphatic heterocycles. The molecule has 1 aliphatic carbocycles. The van der Waals surface area contributed by atoms with E-state index in [0.717, 1.165) is 55.9 Å². The molecule has 188 valence electrons. The number of Topliss-reactive ketones (excluding diaryl/α,β-unsaturated/α-hetero) is 1. The van der Waals surface area contributed by atoms with Gasteiger partial charge in [-0.15, -0.1) is 0 Å². The number of anilines is 3. The Morgan fingerprint density at radius 3 is 2.49 bits per heavy atom. The van der Waals surface area contributed by atoms with Gasteiger partial charge in [0.15, 0.2) is 11.6 Å². The van der Waals surface area contributed by atoms with E-state index in [2.05, 4.69) is 53.5 Å². The van der Waals surface area contributed by atoms with Crippen molar-refractivity contribution in [1.82, 2.24) is 30.0 Å². The largest absolute Gasteiger partial charge is 0.338 e. The maximum Gasteiger partial charge on any atom is 0.227 e. The van der Waals surface area contributed by atoms with E-state index in [0.29, 0.717) is 18.0 Å². The lowest BCUT2D eigenvalue weighted by molar-refractivity contribution is 0.0988. The Kier molecular flexibility index (Phi) is 6.60. The number of carbonyl (C=O) groups is 1. The van der Waals surface area contributed by atoms with E-state index in [1.807, 2.05) is 30.3 Å². The molecule has 6 rings (SSSR count). The molecule has 1 saturated heterocycles. The highest BCUT2D eigenvalue weighted by Crippen LogP contribution is 2.39. The zero-order chi connectivity index (χ0) is 25.0. The predicted octanol–water partition coefficient (Wildman–Crippen LogP) is 3.96. The standard InChI is InChI=1S/C28H30N8O/c37-25(23-3-1-2-11-29-23)17-20-4-6-21(7-5-20)19-35-13-15-36(16-14-35)28-30-12-10-26(32-28)31-27-18-24(33-34-27)22-8-9-22/h1-7,10-12,18,22H,8-9,13-17,19H2,(H2,30,31,32,33,34). The van der Waals surface area contributed by atoms with Crippen molar-refractivity contribution in [3.63, 3.8) is 0 Å². The molecule has 0 bridgehead atoms. The molecule has 37 heavy (non-hydrogen) atoms. The van der Waals surface area contributed by atoms with Crippen LogP contribution in [-0.2, 0) is 13.0 Å². The summed E-state index contributed by atoms with van der Waals surface area (Å²) in [6, 6.07) is 17.7. The summed E-state index contributed by atoms with van der Waals surface area (Å²) in [6.07, 6.45) is 6.30. The molecule has 4 heterocycles. The summed E-state index contributed by atoms with van der Waals surface area (Å²) in [5.74, 6) is 2.97. The smallest absolute Gasteiger partial charge is 0.227 e. The second kappa shape index (κ2) is 10.5. The lowest BCUT2D eigenvalue weighted by Gasteiger charge is -2.34. The fraction of sp³-hybridized carbons (Fsp3) is 0.321. The van der Waals surface area contributed by atoms with Crippen LogP contribution in [0, 0.1) is 0 Å². The fourth-order valence-corrected chi connectivity index (χ4v) is 4.64. The minimum Gasteiger partial charge on any atom is -0.338 e. The fourth-order valence-electron chi connectivity index (χ4n) is 4.64. The first kappa shape index (κ1) is 23.3. The Hall–Kier alpha value is -4.11. The van der Waals surface area contributed by atoms with Crippen molar-refractivity contribution in [1.29, 1.82) is 0 Å². The number of ketones is 1. The second-order valence-electron chi connectivity index (χ2n) is 9.74. The average Bonchev–Trinajstić information content (AvgIpc) is 3.69. The number of H-pyrrole nitrogens is 1. The van der Waals surface area contributed by atoms with Crippen LogP contribution < -0.4 is 10.2 Å². The predicted molar refractivity (Wildman–Crippen MR) is 142 cm³/mol. The van der Waals surface area contributed by atoms with E-state index in [9.17, 15) is 4.79 Å². The van der Waals surface area contributed by atoms with Crippen molar-refractivity contribution in [2.75, 3.05) is 36.4 Å². The van der Waals surface area contributed by atoms with Gasteiger partial charge in [0.1, 0.15) is 11.5 Å². The summed E-state index contributed by atoms with van der Waals surface area (Å²) in [4.78, 5) is 30.5. The van der Waals surface area contributed by atoms with Crippen LogP contribution in [0.15, 0.2) is 67.0 Å². The van der Waals surface area contributed by atoms with Crippen LogP contribution in [0.3, 0.4) is 0 Å². The van der Waals surface area contributed by atoms with E-state index in [1.54, 1.807) is 18.5 Å². The molecular formula is C28H30N8O. The third kappa shape index (κ3) is 5.83. The summed E-state index contributed by atoms with van der Waals surface area (Å²) < 4.78 is 0. The molecule has 1 saturated carbocycles. The second-order valence-corrected chi connectivity index (χ2v) is 9.74.